The molecule has 0 atom stereocenters. The molecule has 0 radical (unpaired) electrons. The van der Waals surface area contributed by atoms with Crippen molar-refractivity contribution in [2.24, 2.45) is 0 Å². The van der Waals surface area contributed by atoms with Gasteiger partial charge in [0, 0.05) is 6.92 Å². The first-order valence-corrected chi connectivity index (χ1v) is 11.0. The van der Waals surface area contributed by atoms with Crippen LogP contribution < -0.4 is 19.8 Å². The molecule has 0 spiro atoms. The number of unbranched alkanes of at least 4 members (excludes halogenated alkanes) is 7. The van der Waals surface area contributed by atoms with Crippen LogP contribution in [0, 0.1) is 0 Å². The number of hydrogen-bond acceptors (Lipinski definition) is 6. The summed E-state index contributed by atoms with van der Waals surface area (Å²) in [5, 5.41) is 0.467. The zero-order valence-corrected chi connectivity index (χ0v) is 18.6. The minimum absolute atomic E-state index is 0.0694. The average molecular weight is 419 g/mol. The van der Waals surface area contributed by atoms with Gasteiger partial charge in [-0.2, -0.15) is 0 Å². The average Bonchev–Trinajstić information content (AvgIpc) is 2.69. The number of fused-ring (bicyclic) bond motifs is 1. The fourth-order valence-corrected chi connectivity index (χ4v) is 3.27. The van der Waals surface area contributed by atoms with Gasteiger partial charge in [0.1, 0.15) is 0 Å². The molecule has 0 N–H and O–H groups in total. The monoisotopic (exact) mass is 418 g/mol. The largest absolute Gasteiger partial charge is 0.490 e. The smallest absolute Gasteiger partial charge is 0.383 e. The van der Waals surface area contributed by atoms with Crippen LogP contribution in [0.25, 0.3) is 11.0 Å². The van der Waals surface area contributed by atoms with Gasteiger partial charge in [-0.15, -0.1) is 0 Å². The van der Waals surface area contributed by atoms with Crippen molar-refractivity contribution in [3.63, 3.8) is 0 Å². The zero-order valence-electron chi connectivity index (χ0n) is 18.6. The highest BCUT2D eigenvalue weighted by atomic mass is 16.6. The van der Waals surface area contributed by atoms with E-state index >= 15 is 0 Å². The second kappa shape index (κ2) is 12.3. The highest BCUT2D eigenvalue weighted by Gasteiger charge is 2.22. The number of benzene rings is 1. The van der Waals surface area contributed by atoms with Crippen LogP contribution in [-0.4, -0.2) is 18.7 Å². The van der Waals surface area contributed by atoms with E-state index in [-0.39, 0.29) is 23.2 Å². The molecule has 0 saturated carbocycles. The molecular weight excluding hydrogens is 384 g/mol. The third-order valence-electron chi connectivity index (χ3n) is 4.66. The maximum Gasteiger partial charge on any atom is 0.383 e. The number of para-hydroxylation sites is 1. The number of carbonyl (C=O) groups excluding carboxylic acids is 1. The Labute approximate surface area is 178 Å². The van der Waals surface area contributed by atoms with Crippen LogP contribution in [0.2, 0.25) is 0 Å². The summed E-state index contributed by atoms with van der Waals surface area (Å²) in [6.45, 7) is 7.60. The van der Waals surface area contributed by atoms with E-state index in [0.29, 0.717) is 17.7 Å². The van der Waals surface area contributed by atoms with Crippen LogP contribution in [0.5, 0.6) is 17.2 Å². The minimum atomic E-state index is -0.699. The molecule has 0 saturated heterocycles. The zero-order chi connectivity index (χ0) is 21.9. The summed E-state index contributed by atoms with van der Waals surface area (Å²) in [6, 6.07) is 5.24. The predicted molar refractivity (Wildman–Crippen MR) is 118 cm³/mol. The standard InChI is InChI=1S/C24H34O6/c1-5-6-7-8-9-10-11-12-16-27-20-15-13-14-19-21(20)30-24(26)23(28-17(2)3)22(19)29-18(4)25/h13-15,17H,5-12,16H2,1-4H3. The Morgan fingerprint density at radius 3 is 2.30 bits per heavy atom. The molecular formula is C24H34O6. The van der Waals surface area contributed by atoms with Crippen molar-refractivity contribution in [3.8, 4) is 17.2 Å². The Hall–Kier alpha value is -2.50. The molecule has 166 valence electrons. The van der Waals surface area contributed by atoms with Crippen molar-refractivity contribution in [1.29, 1.82) is 0 Å². The molecule has 0 amide bonds. The molecule has 30 heavy (non-hydrogen) atoms. The molecule has 1 aromatic carbocycles. The van der Waals surface area contributed by atoms with Gasteiger partial charge in [-0.25, -0.2) is 4.79 Å². The predicted octanol–water partition coefficient (Wildman–Crippen LogP) is 6.03. The van der Waals surface area contributed by atoms with Crippen molar-refractivity contribution in [2.45, 2.75) is 85.2 Å². The van der Waals surface area contributed by atoms with E-state index in [9.17, 15) is 9.59 Å². The van der Waals surface area contributed by atoms with Gasteiger partial charge in [0.05, 0.1) is 18.1 Å². The summed E-state index contributed by atoms with van der Waals surface area (Å²) in [4.78, 5) is 24.1. The summed E-state index contributed by atoms with van der Waals surface area (Å²) in [6.07, 6.45) is 9.40. The van der Waals surface area contributed by atoms with Crippen molar-refractivity contribution >= 4 is 16.9 Å². The number of esters is 1. The Balaban J connectivity index is 2.10. The van der Waals surface area contributed by atoms with Gasteiger partial charge < -0.3 is 18.6 Å². The molecule has 0 fully saturated rings. The number of carbonyl (C=O) groups is 1. The number of ether oxygens (including phenoxy) is 3. The first kappa shape index (κ1) is 23.8. The molecule has 0 aliphatic rings. The maximum atomic E-state index is 12.5. The summed E-state index contributed by atoms with van der Waals surface area (Å²) >= 11 is 0. The molecule has 0 aliphatic carbocycles. The van der Waals surface area contributed by atoms with Gasteiger partial charge in [0.15, 0.2) is 17.1 Å². The summed E-state index contributed by atoms with van der Waals surface area (Å²) in [5.41, 5.74) is -0.440. The Morgan fingerprint density at radius 1 is 1.00 bits per heavy atom. The first-order valence-electron chi connectivity index (χ1n) is 11.0. The fourth-order valence-electron chi connectivity index (χ4n) is 3.27. The van der Waals surface area contributed by atoms with E-state index in [2.05, 4.69) is 6.92 Å². The lowest BCUT2D eigenvalue weighted by molar-refractivity contribution is -0.131. The number of rotatable bonds is 13. The summed E-state index contributed by atoms with van der Waals surface area (Å²) in [7, 11) is 0. The Morgan fingerprint density at radius 2 is 1.67 bits per heavy atom. The minimum Gasteiger partial charge on any atom is -0.490 e. The fraction of sp³-hybridized carbons (Fsp3) is 0.583. The summed E-state index contributed by atoms with van der Waals surface area (Å²) in [5.74, 6) is -0.120. The van der Waals surface area contributed by atoms with Gasteiger partial charge in [-0.05, 0) is 32.4 Å². The van der Waals surface area contributed by atoms with Crippen LogP contribution in [0.4, 0.5) is 0 Å². The van der Waals surface area contributed by atoms with Crippen LogP contribution in [0.15, 0.2) is 27.4 Å². The van der Waals surface area contributed by atoms with E-state index < -0.39 is 11.6 Å². The van der Waals surface area contributed by atoms with Crippen molar-refractivity contribution in [2.75, 3.05) is 6.61 Å². The van der Waals surface area contributed by atoms with Crippen LogP contribution in [0.3, 0.4) is 0 Å². The normalized spacial score (nSPS) is 11.1. The molecule has 0 unspecified atom stereocenters. The maximum absolute atomic E-state index is 12.5. The van der Waals surface area contributed by atoms with E-state index in [1.807, 2.05) is 0 Å². The molecule has 0 aliphatic heterocycles. The van der Waals surface area contributed by atoms with Gasteiger partial charge in [0.25, 0.3) is 0 Å². The van der Waals surface area contributed by atoms with Crippen LogP contribution in [0.1, 0.15) is 79.1 Å². The van der Waals surface area contributed by atoms with E-state index in [4.69, 9.17) is 18.6 Å². The van der Waals surface area contributed by atoms with Crippen LogP contribution >= 0.6 is 0 Å². The molecule has 2 aromatic rings. The quantitative estimate of drug-likeness (QED) is 0.225. The highest BCUT2D eigenvalue weighted by Crippen LogP contribution is 2.37. The Bertz CT molecular complexity index is 868. The van der Waals surface area contributed by atoms with E-state index in [1.54, 1.807) is 32.0 Å². The topological polar surface area (TPSA) is 75.0 Å². The third kappa shape index (κ3) is 7.08. The Kier molecular flexibility index (Phi) is 9.71. The molecule has 6 heteroatoms. The molecule has 6 nitrogen and oxygen atoms in total. The lowest BCUT2D eigenvalue weighted by Gasteiger charge is -2.15. The van der Waals surface area contributed by atoms with Gasteiger partial charge in [-0.1, -0.05) is 57.9 Å². The highest BCUT2D eigenvalue weighted by molar-refractivity contribution is 5.91. The van der Waals surface area contributed by atoms with E-state index in [0.717, 1.165) is 12.8 Å². The summed E-state index contributed by atoms with van der Waals surface area (Å²) < 4.78 is 22.2. The van der Waals surface area contributed by atoms with Gasteiger partial charge >= 0.3 is 11.6 Å². The van der Waals surface area contributed by atoms with E-state index in [1.165, 1.54) is 45.4 Å². The van der Waals surface area contributed by atoms with Crippen LogP contribution in [-0.2, 0) is 4.79 Å². The van der Waals surface area contributed by atoms with Crippen molar-refractivity contribution in [1.82, 2.24) is 0 Å². The molecule has 1 aromatic heterocycles. The second-order valence-electron chi connectivity index (χ2n) is 7.76. The van der Waals surface area contributed by atoms with Crippen molar-refractivity contribution in [3.05, 3.63) is 28.6 Å². The third-order valence-corrected chi connectivity index (χ3v) is 4.66. The van der Waals surface area contributed by atoms with Gasteiger partial charge in [0.2, 0.25) is 5.75 Å². The SMILES string of the molecule is CCCCCCCCCCOc1cccc2c(OC(C)=O)c(OC(C)C)c(=O)oc12. The molecule has 2 rings (SSSR count). The molecule has 0 bridgehead atoms. The molecule has 1 heterocycles. The lowest BCUT2D eigenvalue weighted by atomic mass is 10.1. The van der Waals surface area contributed by atoms with Crippen molar-refractivity contribution < 1.29 is 23.4 Å². The first-order chi connectivity index (χ1) is 14.4. The lowest BCUT2D eigenvalue weighted by Crippen LogP contribution is -2.16. The second-order valence-corrected chi connectivity index (χ2v) is 7.76. The van der Waals surface area contributed by atoms with Gasteiger partial charge in [-0.3, -0.25) is 4.79 Å². The number of hydrogen-bond donors (Lipinski definition) is 0.